The van der Waals surface area contributed by atoms with E-state index in [1.165, 1.54) is 19.4 Å². The molecule has 3 saturated heterocycles. The van der Waals surface area contributed by atoms with Crippen molar-refractivity contribution in [3.05, 3.63) is 35.9 Å². The van der Waals surface area contributed by atoms with Gasteiger partial charge in [-0.1, -0.05) is 30.3 Å². The van der Waals surface area contributed by atoms with E-state index in [1.807, 2.05) is 18.2 Å². The summed E-state index contributed by atoms with van der Waals surface area (Å²) in [5.41, 5.74) is 0.585. The van der Waals surface area contributed by atoms with Gasteiger partial charge in [0.15, 0.2) is 0 Å². The summed E-state index contributed by atoms with van der Waals surface area (Å²) >= 11 is 0. The summed E-state index contributed by atoms with van der Waals surface area (Å²) in [7, 11) is 0. The molecular formula is C19H27N3O. The second kappa shape index (κ2) is 6.25. The number of hydrogen-bond donors (Lipinski definition) is 2. The third-order valence-corrected chi connectivity index (χ3v) is 5.97. The molecule has 0 radical (unpaired) electrons. The predicted octanol–water partition coefficient (Wildman–Crippen LogP) is 2.01. The standard InChI is InChI=1S/C19H27N3O/c23-18(21-16-9-13-22-12-4-8-17(22)14-16)19(10-5-11-20-19)15-6-2-1-3-7-15/h1-3,6-7,16-17,20H,4-5,8-14H2,(H,21,23). The molecule has 0 aliphatic carbocycles. The first-order chi connectivity index (χ1) is 11.3. The number of nitrogens with zero attached hydrogens (tertiary/aromatic N) is 1. The zero-order valence-electron chi connectivity index (χ0n) is 13.8. The fraction of sp³-hybridized carbons (Fsp3) is 0.632. The predicted molar refractivity (Wildman–Crippen MR) is 91.1 cm³/mol. The number of nitrogens with one attached hydrogen (secondary N) is 2. The second-order valence-electron chi connectivity index (χ2n) is 7.33. The molecule has 0 bridgehead atoms. The van der Waals surface area contributed by atoms with Crippen LogP contribution in [0.4, 0.5) is 0 Å². The van der Waals surface area contributed by atoms with Crippen molar-refractivity contribution in [2.45, 2.75) is 56.1 Å². The molecule has 1 amide bonds. The van der Waals surface area contributed by atoms with Crippen LogP contribution in [0.2, 0.25) is 0 Å². The van der Waals surface area contributed by atoms with E-state index in [9.17, 15) is 4.79 Å². The number of hydrogen-bond acceptors (Lipinski definition) is 3. The van der Waals surface area contributed by atoms with Crippen molar-refractivity contribution in [1.82, 2.24) is 15.5 Å². The maximum Gasteiger partial charge on any atom is 0.245 e. The monoisotopic (exact) mass is 313 g/mol. The summed E-state index contributed by atoms with van der Waals surface area (Å²) in [6.07, 6.45) is 6.79. The van der Waals surface area contributed by atoms with Gasteiger partial charge in [-0.2, -0.15) is 0 Å². The SMILES string of the molecule is O=C(NC1CCN2CCCC2C1)C1(c2ccccc2)CCCN1. The van der Waals surface area contributed by atoms with Crippen molar-refractivity contribution in [3.63, 3.8) is 0 Å². The molecule has 124 valence electrons. The number of benzene rings is 1. The molecule has 2 N–H and O–H groups in total. The van der Waals surface area contributed by atoms with Crippen LogP contribution in [0.1, 0.15) is 44.1 Å². The van der Waals surface area contributed by atoms with Gasteiger partial charge < -0.3 is 10.2 Å². The summed E-state index contributed by atoms with van der Waals surface area (Å²) in [5, 5.41) is 6.88. The van der Waals surface area contributed by atoms with Crippen LogP contribution in [0.3, 0.4) is 0 Å². The highest BCUT2D eigenvalue weighted by molar-refractivity contribution is 5.88. The molecule has 3 fully saturated rings. The van der Waals surface area contributed by atoms with E-state index in [1.54, 1.807) is 0 Å². The average molecular weight is 313 g/mol. The quantitative estimate of drug-likeness (QED) is 0.897. The molecule has 0 saturated carbocycles. The fourth-order valence-corrected chi connectivity index (χ4v) is 4.70. The Kier molecular flexibility index (Phi) is 4.12. The van der Waals surface area contributed by atoms with Crippen molar-refractivity contribution in [3.8, 4) is 0 Å². The van der Waals surface area contributed by atoms with Crippen molar-refractivity contribution < 1.29 is 4.79 Å². The molecule has 23 heavy (non-hydrogen) atoms. The lowest BCUT2D eigenvalue weighted by Crippen LogP contribution is -2.56. The highest BCUT2D eigenvalue weighted by atomic mass is 16.2. The van der Waals surface area contributed by atoms with Gasteiger partial charge in [0.2, 0.25) is 5.91 Å². The smallest absolute Gasteiger partial charge is 0.245 e. The molecule has 4 nitrogen and oxygen atoms in total. The Balaban J connectivity index is 1.48. The summed E-state index contributed by atoms with van der Waals surface area (Å²) in [6.45, 7) is 3.31. The molecule has 3 aliphatic heterocycles. The lowest BCUT2D eigenvalue weighted by molar-refractivity contribution is -0.128. The van der Waals surface area contributed by atoms with E-state index in [-0.39, 0.29) is 5.91 Å². The first kappa shape index (κ1) is 15.2. The van der Waals surface area contributed by atoms with Gasteiger partial charge in [0.25, 0.3) is 0 Å². The van der Waals surface area contributed by atoms with Gasteiger partial charge >= 0.3 is 0 Å². The first-order valence-electron chi connectivity index (χ1n) is 9.13. The van der Waals surface area contributed by atoms with E-state index in [2.05, 4.69) is 27.7 Å². The van der Waals surface area contributed by atoms with E-state index < -0.39 is 5.54 Å². The molecule has 3 unspecified atom stereocenters. The Bertz CT molecular complexity index is 553. The van der Waals surface area contributed by atoms with Crippen molar-refractivity contribution in [2.75, 3.05) is 19.6 Å². The van der Waals surface area contributed by atoms with Crippen molar-refractivity contribution in [2.24, 2.45) is 0 Å². The summed E-state index contributed by atoms with van der Waals surface area (Å²) in [4.78, 5) is 15.7. The Morgan fingerprint density at radius 3 is 2.83 bits per heavy atom. The number of carbonyl (C=O) groups is 1. The number of rotatable bonds is 3. The maximum absolute atomic E-state index is 13.1. The van der Waals surface area contributed by atoms with Gasteiger partial charge in [-0.25, -0.2) is 0 Å². The third-order valence-electron chi connectivity index (χ3n) is 5.97. The van der Waals surface area contributed by atoms with Crippen LogP contribution in [0, 0.1) is 0 Å². The summed E-state index contributed by atoms with van der Waals surface area (Å²) < 4.78 is 0. The highest BCUT2D eigenvalue weighted by Gasteiger charge is 2.43. The van der Waals surface area contributed by atoms with Crippen molar-refractivity contribution >= 4 is 5.91 Å². The largest absolute Gasteiger partial charge is 0.351 e. The van der Waals surface area contributed by atoms with E-state index in [0.717, 1.165) is 44.3 Å². The fourth-order valence-electron chi connectivity index (χ4n) is 4.70. The van der Waals surface area contributed by atoms with Crippen LogP contribution < -0.4 is 10.6 Å². The lowest BCUT2D eigenvalue weighted by Gasteiger charge is -2.37. The highest BCUT2D eigenvalue weighted by Crippen LogP contribution is 2.32. The minimum absolute atomic E-state index is 0.178. The van der Waals surface area contributed by atoms with Crippen molar-refractivity contribution in [1.29, 1.82) is 0 Å². The van der Waals surface area contributed by atoms with Crippen LogP contribution in [0.15, 0.2) is 30.3 Å². The number of amides is 1. The lowest BCUT2D eigenvalue weighted by atomic mass is 9.86. The summed E-state index contributed by atoms with van der Waals surface area (Å²) in [6, 6.07) is 11.3. The number of carbonyl (C=O) groups excluding carboxylic acids is 1. The zero-order valence-corrected chi connectivity index (χ0v) is 13.8. The minimum Gasteiger partial charge on any atom is -0.351 e. The zero-order chi connectivity index (χ0) is 15.7. The molecule has 0 spiro atoms. The minimum atomic E-state index is -0.520. The molecule has 1 aromatic rings. The maximum atomic E-state index is 13.1. The van der Waals surface area contributed by atoms with E-state index in [0.29, 0.717) is 12.1 Å². The molecule has 4 rings (SSSR count). The van der Waals surface area contributed by atoms with E-state index >= 15 is 0 Å². The van der Waals surface area contributed by atoms with Gasteiger partial charge in [0, 0.05) is 18.6 Å². The average Bonchev–Trinajstić information content (AvgIpc) is 3.25. The molecule has 3 aliphatic rings. The van der Waals surface area contributed by atoms with Gasteiger partial charge in [-0.3, -0.25) is 10.1 Å². The Morgan fingerprint density at radius 2 is 2.04 bits per heavy atom. The van der Waals surface area contributed by atoms with Crippen LogP contribution in [0.5, 0.6) is 0 Å². The van der Waals surface area contributed by atoms with Crippen LogP contribution in [-0.4, -0.2) is 42.5 Å². The molecule has 3 atom stereocenters. The molecule has 0 aromatic heterocycles. The van der Waals surface area contributed by atoms with Crippen LogP contribution in [-0.2, 0) is 10.3 Å². The third kappa shape index (κ3) is 2.79. The van der Waals surface area contributed by atoms with Gasteiger partial charge in [-0.05, 0) is 57.2 Å². The Morgan fingerprint density at radius 1 is 1.17 bits per heavy atom. The Hall–Kier alpha value is -1.39. The van der Waals surface area contributed by atoms with Crippen LogP contribution in [0.25, 0.3) is 0 Å². The normalized spacial score (nSPS) is 34.3. The van der Waals surface area contributed by atoms with E-state index in [4.69, 9.17) is 0 Å². The first-order valence-corrected chi connectivity index (χ1v) is 9.13. The molecule has 1 aromatic carbocycles. The number of piperidine rings is 1. The Labute approximate surface area is 138 Å². The molecule has 3 heterocycles. The van der Waals surface area contributed by atoms with Gasteiger partial charge in [-0.15, -0.1) is 0 Å². The molecule has 4 heteroatoms. The second-order valence-corrected chi connectivity index (χ2v) is 7.33. The van der Waals surface area contributed by atoms with Gasteiger partial charge in [0.05, 0.1) is 0 Å². The summed E-state index contributed by atoms with van der Waals surface area (Å²) in [5.74, 6) is 0.178. The van der Waals surface area contributed by atoms with Gasteiger partial charge in [0.1, 0.15) is 5.54 Å². The molecular weight excluding hydrogens is 286 g/mol. The van der Waals surface area contributed by atoms with Crippen LogP contribution >= 0.6 is 0 Å². The topological polar surface area (TPSA) is 44.4 Å². The number of fused-ring (bicyclic) bond motifs is 1.